The predicted molar refractivity (Wildman–Crippen MR) is 130 cm³/mol. The van der Waals surface area contributed by atoms with Gasteiger partial charge in [0.05, 0.1) is 17.0 Å². The van der Waals surface area contributed by atoms with Gasteiger partial charge in [-0.15, -0.1) is 0 Å². The van der Waals surface area contributed by atoms with Crippen molar-refractivity contribution in [2.45, 2.75) is 38.4 Å². The number of nitrogens with one attached hydrogen (secondary N) is 1. The van der Waals surface area contributed by atoms with Crippen molar-refractivity contribution in [1.82, 2.24) is 4.31 Å². The van der Waals surface area contributed by atoms with Crippen LogP contribution in [0.2, 0.25) is 5.02 Å². The standard InChI is InChI=1S/C25H24ClF3N2O3S/c1-16-12-17(2)24(18(3)13-16)35(33,34)31(14-19-4-8-21(26)9-5-19)15-23(32)30-22-10-6-20(7-11-22)25(27,28)29/h4-13H,14-15H2,1-3H3,(H,30,32). The summed E-state index contributed by atoms with van der Waals surface area (Å²) in [4.78, 5) is 12.9. The van der Waals surface area contributed by atoms with Crippen molar-refractivity contribution in [3.63, 3.8) is 0 Å². The number of nitrogens with zero attached hydrogens (tertiary/aromatic N) is 1. The molecule has 0 bridgehead atoms. The lowest BCUT2D eigenvalue weighted by molar-refractivity contribution is -0.137. The van der Waals surface area contributed by atoms with Crippen LogP contribution in [0, 0.1) is 20.8 Å². The maximum Gasteiger partial charge on any atom is 0.416 e. The van der Waals surface area contributed by atoms with E-state index in [1.165, 1.54) is 0 Å². The highest BCUT2D eigenvalue weighted by Gasteiger charge is 2.31. The molecule has 0 unspecified atom stereocenters. The molecule has 0 spiro atoms. The summed E-state index contributed by atoms with van der Waals surface area (Å²) >= 11 is 5.94. The molecule has 0 saturated heterocycles. The highest BCUT2D eigenvalue weighted by Crippen LogP contribution is 2.30. The molecule has 186 valence electrons. The average molecular weight is 525 g/mol. The quantitative estimate of drug-likeness (QED) is 0.405. The van der Waals surface area contributed by atoms with Crippen molar-refractivity contribution in [3.8, 4) is 0 Å². The van der Waals surface area contributed by atoms with Crippen molar-refractivity contribution in [3.05, 3.63) is 93.5 Å². The molecular formula is C25H24ClF3N2O3S. The van der Waals surface area contributed by atoms with Crippen LogP contribution in [0.4, 0.5) is 18.9 Å². The molecule has 3 rings (SSSR count). The zero-order valence-corrected chi connectivity index (χ0v) is 20.9. The summed E-state index contributed by atoms with van der Waals surface area (Å²) in [5, 5.41) is 2.95. The van der Waals surface area contributed by atoms with E-state index in [9.17, 15) is 26.4 Å². The fourth-order valence-electron chi connectivity index (χ4n) is 3.83. The number of benzene rings is 3. The van der Waals surface area contributed by atoms with Crippen LogP contribution in [0.5, 0.6) is 0 Å². The molecule has 0 aromatic heterocycles. The summed E-state index contributed by atoms with van der Waals surface area (Å²) in [6, 6.07) is 14.0. The maximum absolute atomic E-state index is 13.7. The Bertz CT molecular complexity index is 1300. The first kappa shape index (κ1) is 26.7. The van der Waals surface area contributed by atoms with Gasteiger partial charge in [0.25, 0.3) is 0 Å². The smallest absolute Gasteiger partial charge is 0.325 e. The highest BCUT2D eigenvalue weighted by molar-refractivity contribution is 7.89. The number of halogens is 4. The monoisotopic (exact) mass is 524 g/mol. The molecule has 0 aliphatic rings. The van der Waals surface area contributed by atoms with Gasteiger partial charge in [0.15, 0.2) is 0 Å². The first-order chi connectivity index (χ1) is 16.3. The van der Waals surface area contributed by atoms with Gasteiger partial charge in [-0.3, -0.25) is 4.79 Å². The van der Waals surface area contributed by atoms with E-state index in [2.05, 4.69) is 5.32 Å². The van der Waals surface area contributed by atoms with Crippen molar-refractivity contribution >= 4 is 33.2 Å². The third kappa shape index (κ3) is 6.62. The summed E-state index contributed by atoms with van der Waals surface area (Å²) in [5.74, 6) is -0.690. The van der Waals surface area contributed by atoms with Gasteiger partial charge in [-0.2, -0.15) is 17.5 Å². The van der Waals surface area contributed by atoms with Gasteiger partial charge < -0.3 is 5.32 Å². The second kappa shape index (κ2) is 10.4. The van der Waals surface area contributed by atoms with Crippen LogP contribution in [0.25, 0.3) is 0 Å². The molecule has 10 heteroatoms. The number of sulfonamides is 1. The molecule has 0 saturated carbocycles. The summed E-state index contributed by atoms with van der Waals surface area (Å²) in [7, 11) is -4.11. The Morgan fingerprint density at radius 2 is 1.49 bits per heavy atom. The summed E-state index contributed by atoms with van der Waals surface area (Å²) < 4.78 is 66.8. The van der Waals surface area contributed by atoms with E-state index in [0.717, 1.165) is 34.1 Å². The lowest BCUT2D eigenvalue weighted by atomic mass is 10.1. The minimum atomic E-state index is -4.50. The molecule has 3 aromatic rings. The number of amides is 1. The Morgan fingerprint density at radius 1 is 0.943 bits per heavy atom. The van der Waals surface area contributed by atoms with Crippen molar-refractivity contribution < 1.29 is 26.4 Å². The van der Waals surface area contributed by atoms with Crippen molar-refractivity contribution in [2.24, 2.45) is 0 Å². The molecule has 0 atom stereocenters. The molecule has 0 radical (unpaired) electrons. The Morgan fingerprint density at radius 3 is 2.00 bits per heavy atom. The molecule has 1 N–H and O–H groups in total. The zero-order chi connectivity index (χ0) is 26.0. The van der Waals surface area contributed by atoms with E-state index < -0.39 is 34.2 Å². The molecule has 1 amide bonds. The van der Waals surface area contributed by atoms with E-state index in [1.54, 1.807) is 50.2 Å². The number of anilines is 1. The third-order valence-corrected chi connectivity index (χ3v) is 7.64. The fraction of sp³-hybridized carbons (Fsp3) is 0.240. The molecule has 5 nitrogen and oxygen atoms in total. The normalized spacial score (nSPS) is 12.1. The minimum Gasteiger partial charge on any atom is -0.325 e. The zero-order valence-electron chi connectivity index (χ0n) is 19.3. The van der Waals surface area contributed by atoms with Crippen LogP contribution in [-0.4, -0.2) is 25.2 Å². The molecule has 35 heavy (non-hydrogen) atoms. The molecule has 0 fully saturated rings. The largest absolute Gasteiger partial charge is 0.416 e. The van der Waals surface area contributed by atoms with Gasteiger partial charge in [-0.25, -0.2) is 8.42 Å². The van der Waals surface area contributed by atoms with Gasteiger partial charge >= 0.3 is 6.18 Å². The lowest BCUT2D eigenvalue weighted by Gasteiger charge is -2.24. The van der Waals surface area contributed by atoms with E-state index in [1.807, 2.05) is 6.92 Å². The average Bonchev–Trinajstić information content (AvgIpc) is 2.73. The summed E-state index contributed by atoms with van der Waals surface area (Å²) in [6.07, 6.45) is -4.50. The Kier molecular flexibility index (Phi) is 7.93. The number of hydrogen-bond acceptors (Lipinski definition) is 3. The Balaban J connectivity index is 1.91. The number of carbonyl (C=O) groups is 1. The first-order valence-corrected chi connectivity index (χ1v) is 12.4. The molecule has 0 heterocycles. The van der Waals surface area contributed by atoms with Gasteiger partial charge in [0.2, 0.25) is 15.9 Å². The van der Waals surface area contributed by atoms with Gasteiger partial charge in [0.1, 0.15) is 0 Å². The number of aryl methyl sites for hydroxylation is 3. The molecule has 3 aromatic carbocycles. The summed E-state index contributed by atoms with van der Waals surface area (Å²) in [5.41, 5.74) is 1.88. The van der Waals surface area contributed by atoms with Crippen LogP contribution in [-0.2, 0) is 27.5 Å². The Hall–Kier alpha value is -2.88. The molecule has 0 aliphatic carbocycles. The van der Waals surface area contributed by atoms with Crippen LogP contribution >= 0.6 is 11.6 Å². The minimum absolute atomic E-state index is 0.104. The van der Waals surface area contributed by atoms with Crippen LogP contribution in [0.15, 0.2) is 65.6 Å². The van der Waals surface area contributed by atoms with Gasteiger partial charge in [-0.05, 0) is 73.9 Å². The number of alkyl halides is 3. The maximum atomic E-state index is 13.7. The second-order valence-electron chi connectivity index (χ2n) is 8.25. The van der Waals surface area contributed by atoms with Gasteiger partial charge in [0, 0.05) is 17.3 Å². The van der Waals surface area contributed by atoms with Crippen LogP contribution in [0.1, 0.15) is 27.8 Å². The number of hydrogen-bond donors (Lipinski definition) is 1. The topological polar surface area (TPSA) is 66.5 Å². The van der Waals surface area contributed by atoms with Gasteiger partial charge in [-0.1, -0.05) is 41.4 Å². The van der Waals surface area contributed by atoms with E-state index in [0.29, 0.717) is 21.7 Å². The molecule has 0 aliphatic heterocycles. The highest BCUT2D eigenvalue weighted by atomic mass is 35.5. The first-order valence-electron chi connectivity index (χ1n) is 10.6. The van der Waals surface area contributed by atoms with E-state index in [-0.39, 0.29) is 17.1 Å². The second-order valence-corrected chi connectivity index (χ2v) is 10.6. The lowest BCUT2D eigenvalue weighted by Crippen LogP contribution is -2.38. The number of carbonyl (C=O) groups excluding carboxylic acids is 1. The number of rotatable bonds is 7. The van der Waals surface area contributed by atoms with Crippen LogP contribution < -0.4 is 5.32 Å². The van der Waals surface area contributed by atoms with Crippen molar-refractivity contribution in [1.29, 1.82) is 0 Å². The molecular weight excluding hydrogens is 501 g/mol. The van der Waals surface area contributed by atoms with Crippen molar-refractivity contribution in [2.75, 3.05) is 11.9 Å². The Labute approximate surface area is 207 Å². The third-order valence-electron chi connectivity index (χ3n) is 5.29. The van der Waals surface area contributed by atoms with Crippen LogP contribution in [0.3, 0.4) is 0 Å². The van der Waals surface area contributed by atoms with E-state index in [4.69, 9.17) is 11.6 Å². The van der Waals surface area contributed by atoms with E-state index >= 15 is 0 Å². The SMILES string of the molecule is Cc1cc(C)c(S(=O)(=O)N(CC(=O)Nc2ccc(C(F)(F)F)cc2)Cc2ccc(Cl)cc2)c(C)c1. The predicted octanol–water partition coefficient (Wildman–Crippen LogP) is 6.11. The fourth-order valence-corrected chi connectivity index (χ4v) is 5.75. The summed E-state index contributed by atoms with van der Waals surface area (Å²) in [6.45, 7) is 4.59.